The number of aromatic nitrogens is 6. The van der Waals surface area contributed by atoms with Crippen molar-refractivity contribution >= 4 is 33.4 Å². The van der Waals surface area contributed by atoms with Crippen LogP contribution < -0.4 is 0 Å². The minimum Gasteiger partial charge on any atom is -0.338 e. The molecule has 1 saturated heterocycles. The number of hydrogen-bond donors (Lipinski definition) is 2. The number of likely N-dealkylation sites (tertiary alicyclic amines) is 1. The van der Waals surface area contributed by atoms with E-state index < -0.39 is 0 Å². The lowest BCUT2D eigenvalue weighted by Gasteiger charge is -2.26. The second-order valence-electron chi connectivity index (χ2n) is 9.43. The van der Waals surface area contributed by atoms with Gasteiger partial charge in [0.25, 0.3) is 0 Å². The van der Waals surface area contributed by atoms with E-state index in [-0.39, 0.29) is 0 Å². The molecule has 7 rings (SSSR count). The predicted octanol–water partition coefficient (Wildman–Crippen LogP) is 6.28. The Morgan fingerprint density at radius 2 is 1.78 bits per heavy atom. The fourth-order valence-corrected chi connectivity index (χ4v) is 5.85. The zero-order valence-electron chi connectivity index (χ0n) is 19.7. The van der Waals surface area contributed by atoms with Crippen molar-refractivity contribution in [3.63, 3.8) is 0 Å². The molecule has 1 fully saturated rings. The molecule has 0 atom stereocenters. The Morgan fingerprint density at radius 1 is 0.861 bits per heavy atom. The minimum absolute atomic E-state index is 0.760. The van der Waals surface area contributed by atoms with Gasteiger partial charge in [0.05, 0.1) is 5.69 Å². The summed E-state index contributed by atoms with van der Waals surface area (Å²) in [5, 5.41) is 14.0. The highest BCUT2D eigenvalue weighted by Gasteiger charge is 2.16. The quantitative estimate of drug-likeness (QED) is 0.296. The summed E-state index contributed by atoms with van der Waals surface area (Å²) in [4.78, 5) is 19.8. The maximum atomic E-state index is 4.68. The van der Waals surface area contributed by atoms with Crippen LogP contribution in [-0.4, -0.2) is 48.1 Å². The Balaban J connectivity index is 1.26. The van der Waals surface area contributed by atoms with Gasteiger partial charge >= 0.3 is 0 Å². The van der Waals surface area contributed by atoms with Gasteiger partial charge in [-0.2, -0.15) is 16.4 Å². The molecule has 0 bridgehead atoms. The molecule has 2 N–H and O–H groups in total. The summed E-state index contributed by atoms with van der Waals surface area (Å²) in [5.74, 6) is 0. The highest BCUT2D eigenvalue weighted by molar-refractivity contribution is 7.08. The molecule has 0 saturated carbocycles. The highest BCUT2D eigenvalue weighted by Crippen LogP contribution is 2.34. The van der Waals surface area contributed by atoms with E-state index in [9.17, 15) is 0 Å². The van der Waals surface area contributed by atoms with Crippen molar-refractivity contribution in [2.45, 2.75) is 25.8 Å². The van der Waals surface area contributed by atoms with E-state index in [1.54, 1.807) is 11.3 Å². The molecule has 6 aromatic heterocycles. The van der Waals surface area contributed by atoms with E-state index in [1.165, 1.54) is 49.0 Å². The lowest BCUT2D eigenvalue weighted by molar-refractivity contribution is 0.220. The van der Waals surface area contributed by atoms with E-state index >= 15 is 0 Å². The monoisotopic (exact) mass is 491 g/mol. The Hall–Kier alpha value is -3.88. The standard InChI is InChI=1S/C28H25N7S/c1-2-7-35(8-3-1)16-18-10-20(14-29-13-18)21-11-24-26(33-34-28(24)31-15-21)25-12-23-22(19-5-9-36-17-19)4-6-30-27(23)32-25/h4-6,9-15,17H,1-3,7-8,16H2,(H,30,32)(H,31,33,34). The number of hydrogen-bond acceptors (Lipinski definition) is 6. The van der Waals surface area contributed by atoms with Gasteiger partial charge < -0.3 is 4.98 Å². The summed E-state index contributed by atoms with van der Waals surface area (Å²) < 4.78 is 0. The summed E-state index contributed by atoms with van der Waals surface area (Å²) in [6.45, 7) is 3.29. The Kier molecular flexibility index (Phi) is 5.33. The Morgan fingerprint density at radius 3 is 2.67 bits per heavy atom. The van der Waals surface area contributed by atoms with Crippen LogP contribution in [0.2, 0.25) is 0 Å². The molecule has 36 heavy (non-hydrogen) atoms. The fraction of sp³-hybridized carbons (Fsp3) is 0.214. The molecular weight excluding hydrogens is 466 g/mol. The highest BCUT2D eigenvalue weighted by atomic mass is 32.1. The second-order valence-corrected chi connectivity index (χ2v) is 10.2. The molecule has 8 heteroatoms. The number of nitrogens with zero attached hydrogens (tertiary/aromatic N) is 5. The third-order valence-electron chi connectivity index (χ3n) is 7.02. The van der Waals surface area contributed by atoms with Crippen LogP contribution in [0.5, 0.6) is 0 Å². The summed E-state index contributed by atoms with van der Waals surface area (Å²) in [6, 6.07) is 10.7. The molecule has 0 unspecified atom stereocenters. The van der Waals surface area contributed by atoms with Gasteiger partial charge in [-0.15, -0.1) is 0 Å². The van der Waals surface area contributed by atoms with Gasteiger partial charge in [-0.25, -0.2) is 9.97 Å². The third-order valence-corrected chi connectivity index (χ3v) is 7.70. The summed E-state index contributed by atoms with van der Waals surface area (Å²) in [5.41, 5.74) is 9.08. The molecule has 0 aromatic carbocycles. The lowest BCUT2D eigenvalue weighted by atomic mass is 10.0. The van der Waals surface area contributed by atoms with E-state index in [0.717, 1.165) is 51.1 Å². The Labute approximate surface area is 212 Å². The van der Waals surface area contributed by atoms with Crippen molar-refractivity contribution in [3.05, 3.63) is 71.4 Å². The first-order chi connectivity index (χ1) is 17.8. The van der Waals surface area contributed by atoms with Crippen molar-refractivity contribution in [1.82, 2.24) is 35.0 Å². The smallest absolute Gasteiger partial charge is 0.155 e. The maximum absolute atomic E-state index is 4.68. The summed E-state index contributed by atoms with van der Waals surface area (Å²) >= 11 is 1.70. The van der Waals surface area contributed by atoms with Crippen molar-refractivity contribution in [2.24, 2.45) is 0 Å². The normalized spacial score (nSPS) is 14.7. The van der Waals surface area contributed by atoms with Gasteiger partial charge in [0.1, 0.15) is 11.3 Å². The largest absolute Gasteiger partial charge is 0.338 e. The first-order valence-corrected chi connectivity index (χ1v) is 13.3. The summed E-state index contributed by atoms with van der Waals surface area (Å²) in [6.07, 6.45) is 11.6. The number of fused-ring (bicyclic) bond motifs is 2. The first kappa shape index (κ1) is 21.4. The zero-order valence-corrected chi connectivity index (χ0v) is 20.6. The fourth-order valence-electron chi connectivity index (χ4n) is 5.20. The van der Waals surface area contributed by atoms with Crippen molar-refractivity contribution in [2.75, 3.05) is 13.1 Å². The second kappa shape index (κ2) is 8.96. The summed E-state index contributed by atoms with van der Waals surface area (Å²) in [7, 11) is 0. The number of rotatable bonds is 5. The molecule has 0 spiro atoms. The molecule has 1 aliphatic heterocycles. The first-order valence-electron chi connectivity index (χ1n) is 12.3. The third kappa shape index (κ3) is 3.88. The predicted molar refractivity (Wildman–Crippen MR) is 145 cm³/mol. The van der Waals surface area contributed by atoms with E-state index in [4.69, 9.17) is 0 Å². The number of piperidine rings is 1. The molecule has 0 amide bonds. The van der Waals surface area contributed by atoms with Crippen LogP contribution in [0.4, 0.5) is 0 Å². The van der Waals surface area contributed by atoms with Crippen LogP contribution in [-0.2, 0) is 6.54 Å². The molecule has 0 aliphatic carbocycles. The van der Waals surface area contributed by atoms with Gasteiger partial charge in [0.15, 0.2) is 5.65 Å². The maximum Gasteiger partial charge on any atom is 0.155 e. The van der Waals surface area contributed by atoms with Crippen LogP contribution in [0.25, 0.3) is 55.7 Å². The molecule has 1 aliphatic rings. The van der Waals surface area contributed by atoms with Gasteiger partial charge in [-0.05, 0) is 83.7 Å². The Bertz CT molecular complexity index is 1660. The van der Waals surface area contributed by atoms with E-state index in [1.807, 2.05) is 24.8 Å². The van der Waals surface area contributed by atoms with Crippen LogP contribution >= 0.6 is 11.3 Å². The molecular formula is C28H25N7S. The van der Waals surface area contributed by atoms with Gasteiger partial charge in [-0.1, -0.05) is 6.42 Å². The molecule has 178 valence electrons. The molecule has 7 heterocycles. The molecule has 0 radical (unpaired) electrons. The number of thiophene rings is 1. The molecule has 7 nitrogen and oxygen atoms in total. The topological polar surface area (TPSA) is 86.4 Å². The van der Waals surface area contributed by atoms with Crippen LogP contribution in [0.15, 0.2) is 65.9 Å². The van der Waals surface area contributed by atoms with Crippen molar-refractivity contribution < 1.29 is 0 Å². The lowest BCUT2D eigenvalue weighted by Crippen LogP contribution is -2.29. The van der Waals surface area contributed by atoms with Gasteiger partial charge in [0, 0.05) is 53.2 Å². The zero-order chi connectivity index (χ0) is 23.9. The number of nitrogens with one attached hydrogen (secondary N) is 2. The van der Waals surface area contributed by atoms with E-state index in [2.05, 4.69) is 76.1 Å². The van der Waals surface area contributed by atoms with Crippen LogP contribution in [0.3, 0.4) is 0 Å². The number of pyridine rings is 3. The average molecular weight is 492 g/mol. The van der Waals surface area contributed by atoms with Crippen LogP contribution in [0.1, 0.15) is 24.8 Å². The van der Waals surface area contributed by atoms with Crippen molar-refractivity contribution in [1.29, 1.82) is 0 Å². The number of aromatic amines is 2. The van der Waals surface area contributed by atoms with Gasteiger partial charge in [-0.3, -0.25) is 15.0 Å². The SMILES string of the molecule is c1cc(-c2ccsc2)c2cc(-c3n[nH]c4ncc(-c5cncc(CN6CCCCC6)c5)cc34)[nH]c2n1. The van der Waals surface area contributed by atoms with Crippen LogP contribution in [0, 0.1) is 0 Å². The molecule has 6 aromatic rings. The van der Waals surface area contributed by atoms with Gasteiger partial charge in [0.2, 0.25) is 0 Å². The van der Waals surface area contributed by atoms with Crippen molar-refractivity contribution in [3.8, 4) is 33.6 Å². The minimum atomic E-state index is 0.760. The number of H-pyrrole nitrogens is 2. The van der Waals surface area contributed by atoms with E-state index in [0.29, 0.717) is 0 Å². The average Bonchev–Trinajstić information content (AvgIpc) is 3.68.